The maximum Gasteiger partial charge on any atom is 0.0453 e. The molecule has 1 aromatic heterocycles. The minimum Gasteiger partial charge on any atom is -0.323 e. The third-order valence-corrected chi connectivity index (χ3v) is 5.54. The van der Waals surface area contributed by atoms with Crippen molar-refractivity contribution in [1.82, 2.24) is 0 Å². The molecule has 1 unspecified atom stereocenters. The van der Waals surface area contributed by atoms with E-state index in [1.54, 1.807) is 6.07 Å². The normalized spacial score (nSPS) is 15.5. The third-order valence-electron chi connectivity index (χ3n) is 3.59. The Bertz CT molecular complexity index is 585. The fraction of sp³-hybridized carbons (Fsp3) is 0.333. The molecule has 2 aromatic rings. The summed E-state index contributed by atoms with van der Waals surface area (Å²) < 4.78 is 0. The van der Waals surface area contributed by atoms with Crippen molar-refractivity contribution in [1.29, 1.82) is 0 Å². The Morgan fingerprint density at radius 3 is 2.79 bits per heavy atom. The van der Waals surface area contributed by atoms with Crippen molar-refractivity contribution in [3.05, 3.63) is 55.2 Å². The van der Waals surface area contributed by atoms with E-state index in [1.165, 1.54) is 34.6 Å². The van der Waals surface area contributed by atoms with E-state index >= 15 is 0 Å². The molecule has 1 aliphatic carbocycles. The van der Waals surface area contributed by atoms with Gasteiger partial charge < -0.3 is 5.73 Å². The van der Waals surface area contributed by atoms with Crippen LogP contribution in [-0.2, 0) is 19.3 Å². The molecule has 1 heterocycles. The maximum absolute atomic E-state index is 6.31. The molecule has 1 nitrogen and oxygen atoms in total. The van der Waals surface area contributed by atoms with Crippen LogP contribution in [-0.4, -0.2) is 0 Å². The van der Waals surface area contributed by atoms with E-state index in [-0.39, 0.29) is 6.04 Å². The van der Waals surface area contributed by atoms with Crippen LogP contribution in [0.4, 0.5) is 0 Å². The largest absolute Gasteiger partial charge is 0.323 e. The highest BCUT2D eigenvalue weighted by Crippen LogP contribution is 2.34. The van der Waals surface area contributed by atoms with Crippen molar-refractivity contribution in [3.63, 3.8) is 0 Å². The Morgan fingerprint density at radius 1 is 1.21 bits per heavy atom. The van der Waals surface area contributed by atoms with Gasteiger partial charge in [0.05, 0.1) is 0 Å². The predicted molar refractivity (Wildman–Crippen MR) is 83.4 cm³/mol. The Labute approximate surface area is 127 Å². The lowest BCUT2D eigenvalue weighted by molar-refractivity contribution is 0.735. The topological polar surface area (TPSA) is 26.0 Å². The SMILES string of the molecule is NC(Cc1ccc(Cl)cc1Cl)c1cc2c(s1)CCC2. The van der Waals surface area contributed by atoms with Gasteiger partial charge in [-0.15, -0.1) is 11.3 Å². The van der Waals surface area contributed by atoms with Gasteiger partial charge in [0.15, 0.2) is 0 Å². The average molecular weight is 312 g/mol. The van der Waals surface area contributed by atoms with Crippen molar-refractivity contribution in [2.75, 3.05) is 0 Å². The van der Waals surface area contributed by atoms with Gasteiger partial charge in [-0.05, 0) is 55.0 Å². The molecular weight excluding hydrogens is 297 g/mol. The minimum atomic E-state index is 0.0225. The summed E-state index contributed by atoms with van der Waals surface area (Å²) in [6.45, 7) is 0. The highest BCUT2D eigenvalue weighted by Gasteiger charge is 2.18. The third kappa shape index (κ3) is 2.82. The molecule has 0 saturated heterocycles. The number of rotatable bonds is 3. The number of halogens is 2. The first kappa shape index (κ1) is 13.4. The molecule has 0 spiro atoms. The number of aryl methyl sites for hydroxylation is 2. The second kappa shape index (κ2) is 5.45. The average Bonchev–Trinajstić information content (AvgIpc) is 2.93. The number of benzene rings is 1. The fourth-order valence-electron chi connectivity index (χ4n) is 2.56. The quantitative estimate of drug-likeness (QED) is 0.866. The minimum absolute atomic E-state index is 0.0225. The van der Waals surface area contributed by atoms with Gasteiger partial charge in [0, 0.05) is 25.8 Å². The number of thiophene rings is 1. The Morgan fingerprint density at radius 2 is 2.05 bits per heavy atom. The Hall–Kier alpha value is -0.540. The summed E-state index contributed by atoms with van der Waals surface area (Å²) in [6.07, 6.45) is 4.48. The number of hydrogen-bond donors (Lipinski definition) is 1. The summed E-state index contributed by atoms with van der Waals surface area (Å²) in [6, 6.07) is 7.91. The molecule has 0 bridgehead atoms. The molecule has 3 rings (SSSR count). The summed E-state index contributed by atoms with van der Waals surface area (Å²) >= 11 is 14.0. The van der Waals surface area contributed by atoms with E-state index in [1.807, 2.05) is 23.5 Å². The monoisotopic (exact) mass is 311 g/mol. The smallest absolute Gasteiger partial charge is 0.0453 e. The number of nitrogens with two attached hydrogens (primary N) is 1. The second-order valence-electron chi connectivity index (χ2n) is 5.00. The molecule has 19 heavy (non-hydrogen) atoms. The van der Waals surface area contributed by atoms with Gasteiger partial charge in [-0.2, -0.15) is 0 Å². The van der Waals surface area contributed by atoms with Crippen LogP contribution in [0.2, 0.25) is 10.0 Å². The van der Waals surface area contributed by atoms with Crippen LogP contribution < -0.4 is 5.73 Å². The van der Waals surface area contributed by atoms with E-state index in [2.05, 4.69) is 6.07 Å². The fourth-order valence-corrected chi connectivity index (χ4v) is 4.30. The zero-order valence-corrected chi connectivity index (χ0v) is 12.8. The molecule has 1 atom stereocenters. The Balaban J connectivity index is 1.78. The van der Waals surface area contributed by atoms with E-state index in [0.29, 0.717) is 10.0 Å². The van der Waals surface area contributed by atoms with Crippen molar-refractivity contribution in [2.24, 2.45) is 5.73 Å². The van der Waals surface area contributed by atoms with Gasteiger partial charge in [0.1, 0.15) is 0 Å². The van der Waals surface area contributed by atoms with Crippen LogP contribution in [0.15, 0.2) is 24.3 Å². The van der Waals surface area contributed by atoms with Crippen molar-refractivity contribution in [3.8, 4) is 0 Å². The van der Waals surface area contributed by atoms with E-state index in [9.17, 15) is 0 Å². The van der Waals surface area contributed by atoms with E-state index in [0.717, 1.165) is 12.0 Å². The van der Waals surface area contributed by atoms with Gasteiger partial charge in [0.2, 0.25) is 0 Å². The molecule has 4 heteroatoms. The standard InChI is InChI=1S/C15H15Cl2NS/c16-11-5-4-9(12(17)8-11)6-13(18)15-7-10-2-1-3-14(10)19-15/h4-5,7-8,13H,1-3,6,18H2. The van der Waals surface area contributed by atoms with Gasteiger partial charge in [-0.1, -0.05) is 29.3 Å². The lowest BCUT2D eigenvalue weighted by atomic mass is 10.0. The molecule has 100 valence electrons. The van der Waals surface area contributed by atoms with Crippen molar-refractivity contribution in [2.45, 2.75) is 31.7 Å². The predicted octanol–water partition coefficient (Wildman–Crippen LogP) is 4.79. The summed E-state index contributed by atoms with van der Waals surface area (Å²) in [4.78, 5) is 2.79. The van der Waals surface area contributed by atoms with Crippen LogP contribution in [0.5, 0.6) is 0 Å². The first-order valence-electron chi connectivity index (χ1n) is 6.44. The van der Waals surface area contributed by atoms with Crippen LogP contribution in [0.1, 0.15) is 33.3 Å². The van der Waals surface area contributed by atoms with Crippen molar-refractivity contribution >= 4 is 34.5 Å². The number of hydrogen-bond acceptors (Lipinski definition) is 2. The molecule has 0 aliphatic heterocycles. The van der Waals surface area contributed by atoms with Gasteiger partial charge in [-0.25, -0.2) is 0 Å². The molecular formula is C15H15Cl2NS. The molecule has 1 aromatic carbocycles. The van der Waals surface area contributed by atoms with Crippen molar-refractivity contribution < 1.29 is 0 Å². The van der Waals surface area contributed by atoms with Gasteiger partial charge in [-0.3, -0.25) is 0 Å². The van der Waals surface area contributed by atoms with Gasteiger partial charge >= 0.3 is 0 Å². The first-order valence-corrected chi connectivity index (χ1v) is 8.01. The number of fused-ring (bicyclic) bond motifs is 1. The lowest BCUT2D eigenvalue weighted by Crippen LogP contribution is -2.12. The summed E-state index contributed by atoms with van der Waals surface area (Å²) in [5.74, 6) is 0. The zero-order chi connectivity index (χ0) is 13.4. The molecule has 0 fully saturated rings. The summed E-state index contributed by atoms with van der Waals surface area (Å²) in [5, 5.41) is 1.37. The molecule has 0 radical (unpaired) electrons. The molecule has 1 aliphatic rings. The second-order valence-corrected chi connectivity index (χ2v) is 7.01. The molecule has 0 amide bonds. The van der Waals surface area contributed by atoms with Crippen LogP contribution in [0, 0.1) is 0 Å². The summed E-state index contributed by atoms with van der Waals surface area (Å²) in [7, 11) is 0. The Kier molecular flexibility index (Phi) is 3.86. The van der Waals surface area contributed by atoms with E-state index in [4.69, 9.17) is 28.9 Å². The molecule has 0 saturated carbocycles. The molecule has 2 N–H and O–H groups in total. The highest BCUT2D eigenvalue weighted by atomic mass is 35.5. The van der Waals surface area contributed by atoms with E-state index < -0.39 is 0 Å². The zero-order valence-electron chi connectivity index (χ0n) is 10.5. The highest BCUT2D eigenvalue weighted by molar-refractivity contribution is 7.12. The van der Waals surface area contributed by atoms with Crippen LogP contribution in [0.3, 0.4) is 0 Å². The lowest BCUT2D eigenvalue weighted by Gasteiger charge is -2.11. The van der Waals surface area contributed by atoms with Crippen LogP contribution in [0.25, 0.3) is 0 Å². The summed E-state index contributed by atoms with van der Waals surface area (Å²) in [5.41, 5.74) is 8.87. The first-order chi connectivity index (χ1) is 9.13. The van der Waals surface area contributed by atoms with Gasteiger partial charge in [0.25, 0.3) is 0 Å². The van der Waals surface area contributed by atoms with Crippen LogP contribution >= 0.6 is 34.5 Å². The maximum atomic E-state index is 6.31.